The number of para-hydroxylation sites is 1. The van der Waals surface area contributed by atoms with Gasteiger partial charge in [-0.15, -0.1) is 0 Å². The number of rotatable bonds is 7. The topological polar surface area (TPSA) is 85.2 Å². The van der Waals surface area contributed by atoms with E-state index in [0.717, 1.165) is 0 Å². The van der Waals surface area contributed by atoms with Gasteiger partial charge in [0.1, 0.15) is 24.1 Å². The Hall–Kier alpha value is -3.33. The first kappa shape index (κ1) is 16.0. The molecular weight excluding hydrogens is 296 g/mol. The van der Waals surface area contributed by atoms with Crippen molar-refractivity contribution in [1.82, 2.24) is 0 Å². The molecule has 2 aromatic rings. The number of Topliss-reactive ketones (excluding diaryl/α,β-unsaturated/α-hetero) is 1. The van der Waals surface area contributed by atoms with E-state index in [0.29, 0.717) is 17.1 Å². The van der Waals surface area contributed by atoms with Crippen LogP contribution < -0.4 is 4.74 Å². The monoisotopic (exact) mass is 308 g/mol. The summed E-state index contributed by atoms with van der Waals surface area (Å²) >= 11 is 0. The molecule has 0 amide bonds. The third-order valence-electron chi connectivity index (χ3n) is 2.96. The predicted molar refractivity (Wildman–Crippen MR) is 81.8 cm³/mol. The molecule has 0 bridgehead atoms. The fourth-order valence-electron chi connectivity index (χ4n) is 1.92. The Balaban J connectivity index is 2.17. The molecular formula is C17H12N2O4. The highest BCUT2D eigenvalue weighted by Crippen LogP contribution is 2.25. The van der Waals surface area contributed by atoms with Crippen molar-refractivity contribution in [3.05, 3.63) is 60.2 Å². The van der Waals surface area contributed by atoms with Crippen molar-refractivity contribution in [3.8, 4) is 11.5 Å². The number of carbonyl (C=O) groups excluding carboxylic acids is 3. The number of isocyanates is 2. The van der Waals surface area contributed by atoms with Crippen LogP contribution in [-0.4, -0.2) is 24.5 Å². The number of aliphatic imine (C=N–C) groups is 2. The van der Waals surface area contributed by atoms with Gasteiger partial charge < -0.3 is 4.74 Å². The lowest BCUT2D eigenvalue weighted by molar-refractivity contribution is -0.118. The Labute approximate surface area is 132 Å². The molecule has 2 rings (SSSR count). The van der Waals surface area contributed by atoms with E-state index in [4.69, 9.17) is 4.74 Å². The summed E-state index contributed by atoms with van der Waals surface area (Å²) in [6, 6.07) is 14.7. The molecule has 0 aliphatic carbocycles. The van der Waals surface area contributed by atoms with Crippen LogP contribution in [0.25, 0.3) is 0 Å². The summed E-state index contributed by atoms with van der Waals surface area (Å²) < 4.78 is 5.64. The van der Waals surface area contributed by atoms with Crippen LogP contribution in [0.1, 0.15) is 11.6 Å². The molecule has 23 heavy (non-hydrogen) atoms. The highest BCUT2D eigenvalue weighted by atomic mass is 16.5. The molecule has 0 radical (unpaired) electrons. The van der Waals surface area contributed by atoms with Crippen LogP contribution >= 0.6 is 0 Å². The van der Waals surface area contributed by atoms with E-state index >= 15 is 0 Å². The van der Waals surface area contributed by atoms with Gasteiger partial charge >= 0.3 is 0 Å². The molecule has 0 heterocycles. The molecule has 1 atom stereocenters. The second kappa shape index (κ2) is 8.20. The van der Waals surface area contributed by atoms with E-state index in [2.05, 4.69) is 9.98 Å². The van der Waals surface area contributed by atoms with Crippen molar-refractivity contribution >= 4 is 17.9 Å². The van der Waals surface area contributed by atoms with Gasteiger partial charge in [0.25, 0.3) is 0 Å². The lowest BCUT2D eigenvalue weighted by Gasteiger charge is -2.10. The van der Waals surface area contributed by atoms with Crippen LogP contribution in [0.15, 0.2) is 64.6 Å². The summed E-state index contributed by atoms with van der Waals surface area (Å²) in [7, 11) is 0. The molecule has 0 aliphatic rings. The largest absolute Gasteiger partial charge is 0.457 e. The number of ether oxygens (including phenoxy) is 1. The lowest BCUT2D eigenvalue weighted by atomic mass is 10.0. The van der Waals surface area contributed by atoms with Gasteiger partial charge in [0, 0.05) is 0 Å². The molecule has 0 spiro atoms. The molecule has 0 aliphatic heterocycles. The minimum atomic E-state index is -1.05. The van der Waals surface area contributed by atoms with E-state index in [1.165, 1.54) is 12.2 Å². The van der Waals surface area contributed by atoms with E-state index < -0.39 is 11.8 Å². The Bertz CT molecular complexity index is 759. The maximum absolute atomic E-state index is 11.9. The highest BCUT2D eigenvalue weighted by Gasteiger charge is 2.19. The zero-order valence-electron chi connectivity index (χ0n) is 12.0. The van der Waals surface area contributed by atoms with Gasteiger partial charge in [-0.05, 0) is 29.8 Å². The van der Waals surface area contributed by atoms with Gasteiger partial charge in [-0.2, -0.15) is 9.98 Å². The van der Waals surface area contributed by atoms with Crippen LogP contribution in [0, 0.1) is 0 Å². The summed E-state index contributed by atoms with van der Waals surface area (Å²) in [5, 5.41) is 0. The van der Waals surface area contributed by atoms with E-state index in [1.54, 1.807) is 24.3 Å². The summed E-state index contributed by atoms with van der Waals surface area (Å²) in [6.07, 6.45) is 2.64. The Morgan fingerprint density at radius 1 is 0.957 bits per heavy atom. The molecule has 0 saturated heterocycles. The highest BCUT2D eigenvalue weighted by molar-refractivity contribution is 5.88. The van der Waals surface area contributed by atoms with Crippen molar-refractivity contribution in [3.63, 3.8) is 0 Å². The van der Waals surface area contributed by atoms with Crippen molar-refractivity contribution in [2.45, 2.75) is 6.04 Å². The zero-order chi connectivity index (χ0) is 16.5. The van der Waals surface area contributed by atoms with Crippen LogP contribution in [0.4, 0.5) is 0 Å². The second-order valence-electron chi connectivity index (χ2n) is 4.48. The molecule has 0 aromatic heterocycles. The van der Waals surface area contributed by atoms with Gasteiger partial charge in [0.15, 0.2) is 5.78 Å². The van der Waals surface area contributed by atoms with Crippen LogP contribution in [0.5, 0.6) is 11.5 Å². The molecule has 6 heteroatoms. The zero-order valence-corrected chi connectivity index (χ0v) is 12.0. The van der Waals surface area contributed by atoms with Gasteiger partial charge in [-0.25, -0.2) is 9.59 Å². The summed E-state index contributed by atoms with van der Waals surface area (Å²) in [6.45, 7) is -0.387. The number of ketones is 1. The molecule has 2 aromatic carbocycles. The molecule has 114 valence electrons. The maximum atomic E-state index is 11.9. The first-order valence-electron chi connectivity index (χ1n) is 6.71. The first-order valence-corrected chi connectivity index (χ1v) is 6.71. The molecule has 0 fully saturated rings. The fourth-order valence-corrected chi connectivity index (χ4v) is 1.92. The Morgan fingerprint density at radius 3 is 2.22 bits per heavy atom. The van der Waals surface area contributed by atoms with Crippen molar-refractivity contribution in [1.29, 1.82) is 0 Å². The maximum Gasteiger partial charge on any atom is 0.236 e. The normalized spacial score (nSPS) is 10.8. The van der Waals surface area contributed by atoms with Crippen molar-refractivity contribution in [2.24, 2.45) is 9.98 Å². The predicted octanol–water partition coefficient (Wildman–Crippen LogP) is 2.76. The van der Waals surface area contributed by atoms with Gasteiger partial charge in [0.2, 0.25) is 12.2 Å². The quantitative estimate of drug-likeness (QED) is 0.581. The molecule has 1 unspecified atom stereocenters. The second-order valence-corrected chi connectivity index (χ2v) is 4.48. The number of hydrogen-bond donors (Lipinski definition) is 0. The summed E-state index contributed by atoms with van der Waals surface area (Å²) in [5.41, 5.74) is 0.486. The third-order valence-corrected chi connectivity index (χ3v) is 2.96. The summed E-state index contributed by atoms with van der Waals surface area (Å²) in [5.74, 6) is 0.764. The van der Waals surface area contributed by atoms with Gasteiger partial charge in [0.05, 0.1) is 0 Å². The van der Waals surface area contributed by atoms with Crippen LogP contribution in [0.2, 0.25) is 0 Å². The Kier molecular flexibility index (Phi) is 5.72. The summed E-state index contributed by atoms with van der Waals surface area (Å²) in [4.78, 5) is 39.1. The number of hydrogen-bond acceptors (Lipinski definition) is 6. The number of nitrogens with zero attached hydrogens (tertiary/aromatic N) is 2. The van der Waals surface area contributed by atoms with E-state index in [9.17, 15) is 14.4 Å². The van der Waals surface area contributed by atoms with Crippen LogP contribution in [-0.2, 0) is 14.4 Å². The van der Waals surface area contributed by atoms with Gasteiger partial charge in [-0.1, -0.05) is 30.3 Å². The van der Waals surface area contributed by atoms with Crippen molar-refractivity contribution < 1.29 is 19.1 Å². The smallest absolute Gasteiger partial charge is 0.236 e. The average Bonchev–Trinajstić information content (AvgIpc) is 2.59. The Morgan fingerprint density at radius 2 is 1.61 bits per heavy atom. The minimum Gasteiger partial charge on any atom is -0.457 e. The van der Waals surface area contributed by atoms with Gasteiger partial charge in [-0.3, -0.25) is 4.79 Å². The minimum absolute atomic E-state index is 0.387. The van der Waals surface area contributed by atoms with E-state index in [-0.39, 0.29) is 6.54 Å². The number of carbonyl (C=O) groups is 1. The lowest BCUT2D eigenvalue weighted by Crippen LogP contribution is -2.13. The number of benzene rings is 2. The fraction of sp³-hybridized carbons (Fsp3) is 0.118. The first-order chi connectivity index (χ1) is 11.2. The van der Waals surface area contributed by atoms with E-state index in [1.807, 2.05) is 30.3 Å². The average molecular weight is 308 g/mol. The molecule has 6 nitrogen and oxygen atoms in total. The van der Waals surface area contributed by atoms with Crippen molar-refractivity contribution in [2.75, 3.05) is 6.54 Å². The standard InChI is InChI=1S/C17H12N2O4/c20-11-18-10-16(22)17(19-12-21)13-6-8-15(9-7-13)23-14-4-2-1-3-5-14/h1-9,17H,10H2. The molecule has 0 saturated carbocycles. The third kappa shape index (κ3) is 4.58. The van der Waals surface area contributed by atoms with Crippen LogP contribution in [0.3, 0.4) is 0 Å². The SMILES string of the molecule is O=C=NCC(=O)C(N=C=O)c1ccc(Oc2ccccc2)cc1. The molecule has 0 N–H and O–H groups in total.